The Bertz CT molecular complexity index is 1010. The first-order chi connectivity index (χ1) is 14.0. The molecular formula is C23H20ClN3O2. The molecule has 0 radical (unpaired) electrons. The van der Waals surface area contributed by atoms with E-state index in [0.29, 0.717) is 28.6 Å². The minimum Gasteiger partial charge on any atom is -0.489 e. The second-order valence-corrected chi connectivity index (χ2v) is 6.92. The highest BCUT2D eigenvalue weighted by Gasteiger charge is 2.13. The summed E-state index contributed by atoms with van der Waals surface area (Å²) in [4.78, 5) is 12.3. The Morgan fingerprint density at radius 2 is 1.76 bits per heavy atom. The van der Waals surface area contributed by atoms with Crippen LogP contribution in [0.2, 0.25) is 5.02 Å². The van der Waals surface area contributed by atoms with Crippen molar-refractivity contribution in [2.75, 3.05) is 10.6 Å². The Morgan fingerprint density at radius 1 is 1.07 bits per heavy atom. The Kier molecular flexibility index (Phi) is 6.72. The second-order valence-electron chi connectivity index (χ2n) is 6.49. The number of carbonyl (C=O) groups excluding carboxylic acids is 1. The Morgan fingerprint density at radius 3 is 2.45 bits per heavy atom. The van der Waals surface area contributed by atoms with Crippen LogP contribution in [0.5, 0.6) is 5.75 Å². The molecule has 0 saturated heterocycles. The summed E-state index contributed by atoms with van der Waals surface area (Å²) in [5.74, 6) is 0.557. The van der Waals surface area contributed by atoms with E-state index in [2.05, 4.69) is 16.7 Å². The maximum Gasteiger partial charge on any atom is 0.246 e. The van der Waals surface area contributed by atoms with E-state index in [1.807, 2.05) is 36.4 Å². The summed E-state index contributed by atoms with van der Waals surface area (Å²) in [6.07, 6.45) is 0. The van der Waals surface area contributed by atoms with Crippen LogP contribution in [0, 0.1) is 11.3 Å². The predicted molar refractivity (Wildman–Crippen MR) is 115 cm³/mol. The second kappa shape index (κ2) is 9.63. The number of nitrogens with zero attached hydrogens (tertiary/aromatic N) is 1. The van der Waals surface area contributed by atoms with Crippen LogP contribution in [0.3, 0.4) is 0 Å². The van der Waals surface area contributed by atoms with Crippen LogP contribution in [0.1, 0.15) is 18.1 Å². The van der Waals surface area contributed by atoms with Crippen molar-refractivity contribution >= 4 is 28.9 Å². The van der Waals surface area contributed by atoms with E-state index >= 15 is 0 Å². The number of hydrogen-bond donors (Lipinski definition) is 2. The van der Waals surface area contributed by atoms with Crippen LogP contribution in [-0.2, 0) is 11.4 Å². The van der Waals surface area contributed by atoms with Gasteiger partial charge < -0.3 is 15.4 Å². The number of nitriles is 1. The molecule has 1 atom stereocenters. The molecule has 1 amide bonds. The lowest BCUT2D eigenvalue weighted by molar-refractivity contribution is -0.116. The molecule has 0 spiro atoms. The van der Waals surface area contributed by atoms with E-state index in [1.54, 1.807) is 43.3 Å². The number of ether oxygens (including phenoxy) is 1. The molecule has 2 N–H and O–H groups in total. The summed E-state index contributed by atoms with van der Waals surface area (Å²) in [5, 5.41) is 15.6. The van der Waals surface area contributed by atoms with Gasteiger partial charge in [-0.25, -0.2) is 0 Å². The number of anilines is 2. The molecule has 0 aromatic heterocycles. The fourth-order valence-corrected chi connectivity index (χ4v) is 2.77. The summed E-state index contributed by atoms with van der Waals surface area (Å²) in [6.45, 7) is 2.17. The number of benzene rings is 3. The normalized spacial score (nSPS) is 11.2. The molecule has 146 valence electrons. The molecule has 0 aliphatic heterocycles. The third-order valence-corrected chi connectivity index (χ3v) is 4.46. The molecule has 0 saturated carbocycles. The standard InChI is InChI=1S/C23H20ClN3O2/c1-16(23(28)27-21-7-5-19(24)6-8-21)26-20-9-11-22(12-10-20)29-15-18-4-2-3-17(13-18)14-25/h2-13,16,26H,15H2,1H3,(H,27,28). The maximum atomic E-state index is 12.3. The minimum absolute atomic E-state index is 0.148. The first-order valence-electron chi connectivity index (χ1n) is 9.08. The lowest BCUT2D eigenvalue weighted by Gasteiger charge is -2.16. The molecule has 29 heavy (non-hydrogen) atoms. The quantitative estimate of drug-likeness (QED) is 0.564. The van der Waals surface area contributed by atoms with Gasteiger partial charge in [0.25, 0.3) is 0 Å². The molecule has 3 aromatic rings. The van der Waals surface area contributed by atoms with Crippen LogP contribution in [0.15, 0.2) is 72.8 Å². The zero-order chi connectivity index (χ0) is 20.6. The van der Waals surface area contributed by atoms with Crippen molar-refractivity contribution in [2.45, 2.75) is 19.6 Å². The van der Waals surface area contributed by atoms with E-state index in [4.69, 9.17) is 21.6 Å². The van der Waals surface area contributed by atoms with Crippen molar-refractivity contribution in [3.63, 3.8) is 0 Å². The van der Waals surface area contributed by atoms with Crippen molar-refractivity contribution in [3.8, 4) is 11.8 Å². The van der Waals surface area contributed by atoms with Crippen molar-refractivity contribution in [3.05, 3.63) is 88.9 Å². The summed E-state index contributed by atoms with van der Waals surface area (Å²) in [6, 6.07) is 23.3. The minimum atomic E-state index is -0.425. The van der Waals surface area contributed by atoms with Crippen LogP contribution in [-0.4, -0.2) is 11.9 Å². The smallest absolute Gasteiger partial charge is 0.246 e. The summed E-state index contributed by atoms with van der Waals surface area (Å²) in [5.41, 5.74) is 3.04. The van der Waals surface area contributed by atoms with Crippen molar-refractivity contribution in [2.24, 2.45) is 0 Å². The van der Waals surface area contributed by atoms with E-state index in [9.17, 15) is 4.79 Å². The average Bonchev–Trinajstić information content (AvgIpc) is 2.75. The molecule has 1 unspecified atom stereocenters. The van der Waals surface area contributed by atoms with E-state index in [-0.39, 0.29) is 5.91 Å². The van der Waals surface area contributed by atoms with Gasteiger partial charge in [0.1, 0.15) is 18.4 Å². The van der Waals surface area contributed by atoms with Crippen molar-refractivity contribution in [1.82, 2.24) is 0 Å². The van der Waals surface area contributed by atoms with Crippen LogP contribution >= 0.6 is 11.6 Å². The number of hydrogen-bond acceptors (Lipinski definition) is 4. The van der Waals surface area contributed by atoms with Gasteiger partial charge in [0.2, 0.25) is 5.91 Å². The fourth-order valence-electron chi connectivity index (χ4n) is 2.64. The van der Waals surface area contributed by atoms with Gasteiger partial charge >= 0.3 is 0 Å². The summed E-state index contributed by atoms with van der Waals surface area (Å²) < 4.78 is 5.76. The van der Waals surface area contributed by atoms with Gasteiger partial charge in [0, 0.05) is 16.4 Å². The van der Waals surface area contributed by atoms with Crippen molar-refractivity contribution < 1.29 is 9.53 Å². The zero-order valence-corrected chi connectivity index (χ0v) is 16.6. The molecule has 5 nitrogen and oxygen atoms in total. The third-order valence-electron chi connectivity index (χ3n) is 4.20. The molecule has 0 bridgehead atoms. The van der Waals surface area contributed by atoms with Gasteiger partial charge in [-0.1, -0.05) is 23.7 Å². The largest absolute Gasteiger partial charge is 0.489 e. The molecule has 6 heteroatoms. The highest BCUT2D eigenvalue weighted by molar-refractivity contribution is 6.30. The SMILES string of the molecule is CC(Nc1ccc(OCc2cccc(C#N)c2)cc1)C(=O)Nc1ccc(Cl)cc1. The van der Waals surface area contributed by atoms with Gasteiger partial charge in [-0.3, -0.25) is 4.79 Å². The summed E-state index contributed by atoms with van der Waals surface area (Å²) >= 11 is 5.85. The Labute approximate surface area is 174 Å². The van der Waals surface area contributed by atoms with Gasteiger partial charge in [-0.05, 0) is 73.2 Å². The molecule has 3 aromatic carbocycles. The summed E-state index contributed by atoms with van der Waals surface area (Å²) in [7, 11) is 0. The lowest BCUT2D eigenvalue weighted by atomic mass is 10.1. The number of amides is 1. The van der Waals surface area contributed by atoms with Gasteiger partial charge in [-0.15, -0.1) is 0 Å². The number of halogens is 1. The third kappa shape index (κ3) is 6.00. The number of rotatable bonds is 7. The van der Waals surface area contributed by atoms with Gasteiger partial charge in [-0.2, -0.15) is 5.26 Å². The Hall–Kier alpha value is -3.49. The molecule has 3 rings (SSSR count). The van der Waals surface area contributed by atoms with Gasteiger partial charge in [0.15, 0.2) is 0 Å². The topological polar surface area (TPSA) is 74.1 Å². The number of nitrogens with one attached hydrogen (secondary N) is 2. The van der Waals surface area contributed by atoms with E-state index in [1.165, 1.54) is 0 Å². The average molecular weight is 406 g/mol. The monoisotopic (exact) mass is 405 g/mol. The highest BCUT2D eigenvalue weighted by atomic mass is 35.5. The fraction of sp³-hybridized carbons (Fsp3) is 0.130. The van der Waals surface area contributed by atoms with Crippen molar-refractivity contribution in [1.29, 1.82) is 5.26 Å². The van der Waals surface area contributed by atoms with Crippen LogP contribution in [0.4, 0.5) is 11.4 Å². The maximum absolute atomic E-state index is 12.3. The number of carbonyl (C=O) groups is 1. The first-order valence-corrected chi connectivity index (χ1v) is 9.46. The molecule has 0 aliphatic carbocycles. The van der Waals surface area contributed by atoms with Crippen LogP contribution < -0.4 is 15.4 Å². The molecule has 0 heterocycles. The molecule has 0 aliphatic rings. The highest BCUT2D eigenvalue weighted by Crippen LogP contribution is 2.19. The predicted octanol–water partition coefficient (Wildman–Crippen LogP) is 5.23. The van der Waals surface area contributed by atoms with E-state index in [0.717, 1.165) is 11.3 Å². The molecular weight excluding hydrogens is 386 g/mol. The Balaban J connectivity index is 1.52. The lowest BCUT2D eigenvalue weighted by Crippen LogP contribution is -2.31. The first kappa shape index (κ1) is 20.2. The van der Waals surface area contributed by atoms with Crippen LogP contribution in [0.25, 0.3) is 0 Å². The van der Waals surface area contributed by atoms with Gasteiger partial charge in [0.05, 0.1) is 11.6 Å². The van der Waals surface area contributed by atoms with E-state index < -0.39 is 6.04 Å². The zero-order valence-electron chi connectivity index (χ0n) is 15.9. The molecule has 0 fully saturated rings.